The lowest BCUT2D eigenvalue weighted by atomic mass is 10.3. The summed E-state index contributed by atoms with van der Waals surface area (Å²) in [6.45, 7) is 1.87. The lowest BCUT2D eigenvalue weighted by molar-refractivity contribution is 0.598. The number of aryl methyl sites for hydroxylation is 1. The molecule has 0 aromatic carbocycles. The number of hydrogen-bond acceptors (Lipinski definition) is 5. The van der Waals surface area contributed by atoms with E-state index >= 15 is 0 Å². The van der Waals surface area contributed by atoms with Crippen molar-refractivity contribution in [2.45, 2.75) is 18.2 Å². The molecule has 4 N–H and O–H groups in total. The molecule has 2 aromatic heterocycles. The zero-order valence-electron chi connectivity index (χ0n) is 9.85. The van der Waals surface area contributed by atoms with E-state index in [4.69, 9.17) is 0 Å². The highest BCUT2D eigenvalue weighted by molar-refractivity contribution is 7.92. The van der Waals surface area contributed by atoms with Gasteiger partial charge in [0.05, 0.1) is 0 Å². The second-order valence-corrected chi connectivity index (χ2v) is 5.32. The fourth-order valence-electron chi connectivity index (χ4n) is 1.38. The van der Waals surface area contributed by atoms with Gasteiger partial charge in [0.15, 0.2) is 10.7 Å². The van der Waals surface area contributed by atoms with Gasteiger partial charge in [-0.25, -0.2) is 13.2 Å². The molecule has 19 heavy (non-hydrogen) atoms. The molecular formula is C9H11N5O4S. The number of aromatic nitrogens is 4. The van der Waals surface area contributed by atoms with Crippen molar-refractivity contribution in [2.24, 2.45) is 0 Å². The van der Waals surface area contributed by atoms with E-state index in [0.29, 0.717) is 6.42 Å². The summed E-state index contributed by atoms with van der Waals surface area (Å²) < 4.78 is 26.0. The standard InChI is InChI=1S/C9H11N5O4S/c1-2-5-3-7(13-12-5)14-19(17,18)6-4-10-9(16)11-8(6)15/h3-4H,2H2,1H3,(H2,12,13,14)(H2,10,11,15,16). The monoisotopic (exact) mass is 285 g/mol. The van der Waals surface area contributed by atoms with Crippen LogP contribution in [0.25, 0.3) is 0 Å². The SMILES string of the molecule is CCc1cc(NS(=O)(=O)c2c[nH]c(=O)[nH]c2=O)n[nH]1. The molecular weight excluding hydrogens is 274 g/mol. The van der Waals surface area contributed by atoms with Gasteiger partial charge in [-0.15, -0.1) is 0 Å². The van der Waals surface area contributed by atoms with Crippen LogP contribution in [0.2, 0.25) is 0 Å². The molecule has 2 aromatic rings. The van der Waals surface area contributed by atoms with E-state index in [0.717, 1.165) is 11.9 Å². The maximum atomic E-state index is 11.9. The molecule has 2 rings (SSSR count). The number of sulfonamides is 1. The topological polar surface area (TPSA) is 141 Å². The minimum Gasteiger partial charge on any atom is -0.313 e. The molecule has 0 spiro atoms. The maximum Gasteiger partial charge on any atom is 0.325 e. The van der Waals surface area contributed by atoms with Crippen LogP contribution in [0.15, 0.2) is 26.7 Å². The second-order valence-electron chi connectivity index (χ2n) is 3.67. The van der Waals surface area contributed by atoms with Gasteiger partial charge >= 0.3 is 5.69 Å². The molecule has 0 aliphatic rings. The third kappa shape index (κ3) is 2.73. The predicted molar refractivity (Wildman–Crippen MR) is 66.5 cm³/mol. The van der Waals surface area contributed by atoms with Gasteiger partial charge in [-0.05, 0) is 6.42 Å². The average Bonchev–Trinajstić information content (AvgIpc) is 2.75. The Hall–Kier alpha value is -2.36. The Morgan fingerprint density at radius 3 is 2.68 bits per heavy atom. The molecule has 0 atom stereocenters. The van der Waals surface area contributed by atoms with Crippen LogP contribution in [0.3, 0.4) is 0 Å². The first kappa shape index (κ1) is 13.1. The first-order chi connectivity index (χ1) is 8.92. The molecule has 10 heteroatoms. The van der Waals surface area contributed by atoms with E-state index < -0.39 is 26.2 Å². The zero-order valence-corrected chi connectivity index (χ0v) is 10.7. The summed E-state index contributed by atoms with van der Waals surface area (Å²) in [4.78, 5) is 25.6. The molecule has 9 nitrogen and oxygen atoms in total. The number of rotatable bonds is 4. The van der Waals surface area contributed by atoms with Gasteiger partial charge in [0.2, 0.25) is 0 Å². The Balaban J connectivity index is 2.37. The lowest BCUT2D eigenvalue weighted by Gasteiger charge is -2.03. The minimum absolute atomic E-state index is 0.0717. The van der Waals surface area contributed by atoms with Crippen LogP contribution in [0.4, 0.5) is 5.82 Å². The molecule has 102 valence electrons. The van der Waals surface area contributed by atoms with Crippen LogP contribution in [-0.4, -0.2) is 28.6 Å². The Morgan fingerprint density at radius 1 is 1.37 bits per heavy atom. The summed E-state index contributed by atoms with van der Waals surface area (Å²) in [6.07, 6.45) is 1.49. The van der Waals surface area contributed by atoms with Gasteiger partial charge in [0.1, 0.15) is 0 Å². The van der Waals surface area contributed by atoms with Crippen molar-refractivity contribution in [3.05, 3.63) is 38.8 Å². The molecule has 2 heterocycles. The van der Waals surface area contributed by atoms with Crippen LogP contribution in [-0.2, 0) is 16.4 Å². The summed E-state index contributed by atoms with van der Waals surface area (Å²) in [5.41, 5.74) is -1.03. The number of aromatic amines is 3. The molecule has 0 aliphatic heterocycles. The number of nitrogens with zero attached hydrogens (tertiary/aromatic N) is 1. The summed E-state index contributed by atoms with van der Waals surface area (Å²) >= 11 is 0. The number of nitrogens with one attached hydrogen (secondary N) is 4. The third-order valence-electron chi connectivity index (χ3n) is 2.33. The molecule has 0 unspecified atom stereocenters. The number of hydrogen-bond donors (Lipinski definition) is 4. The van der Waals surface area contributed by atoms with Crippen molar-refractivity contribution >= 4 is 15.8 Å². The molecule has 0 bridgehead atoms. The second kappa shape index (κ2) is 4.72. The smallest absolute Gasteiger partial charge is 0.313 e. The molecule has 0 saturated carbocycles. The largest absolute Gasteiger partial charge is 0.325 e. The molecule has 0 saturated heterocycles. The van der Waals surface area contributed by atoms with E-state index in [1.807, 2.05) is 11.9 Å². The molecule has 0 amide bonds. The van der Waals surface area contributed by atoms with E-state index in [2.05, 4.69) is 19.9 Å². The third-order valence-corrected chi connectivity index (χ3v) is 3.69. The maximum absolute atomic E-state index is 11.9. The first-order valence-electron chi connectivity index (χ1n) is 5.31. The summed E-state index contributed by atoms with van der Waals surface area (Å²) in [5, 5.41) is 6.38. The quantitative estimate of drug-likeness (QED) is 0.579. The number of H-pyrrole nitrogens is 3. The first-order valence-corrected chi connectivity index (χ1v) is 6.80. The average molecular weight is 285 g/mol. The summed E-state index contributed by atoms with van der Waals surface area (Å²) in [5.74, 6) is 0.0717. The van der Waals surface area contributed by atoms with Crippen LogP contribution < -0.4 is 16.0 Å². The van der Waals surface area contributed by atoms with Crippen molar-refractivity contribution < 1.29 is 8.42 Å². The van der Waals surface area contributed by atoms with Gasteiger partial charge in [-0.3, -0.25) is 19.6 Å². The van der Waals surface area contributed by atoms with E-state index in [1.54, 1.807) is 0 Å². The normalized spacial score (nSPS) is 11.4. The van der Waals surface area contributed by atoms with Gasteiger partial charge < -0.3 is 4.98 Å². The predicted octanol–water partition coefficient (Wildman–Crippen LogP) is -0.850. The van der Waals surface area contributed by atoms with Crippen molar-refractivity contribution in [3.63, 3.8) is 0 Å². The Morgan fingerprint density at radius 2 is 2.11 bits per heavy atom. The van der Waals surface area contributed by atoms with Gasteiger partial charge in [-0.1, -0.05) is 6.92 Å². The number of anilines is 1. The molecule has 0 fully saturated rings. The van der Waals surface area contributed by atoms with E-state index in [-0.39, 0.29) is 5.82 Å². The van der Waals surface area contributed by atoms with Crippen molar-refractivity contribution in [2.75, 3.05) is 4.72 Å². The summed E-state index contributed by atoms with van der Waals surface area (Å²) in [6, 6.07) is 1.51. The van der Waals surface area contributed by atoms with Gasteiger partial charge in [0, 0.05) is 18.0 Å². The summed E-state index contributed by atoms with van der Waals surface area (Å²) in [7, 11) is -4.10. The molecule has 0 aliphatic carbocycles. The zero-order chi connectivity index (χ0) is 14.0. The van der Waals surface area contributed by atoms with Crippen LogP contribution in [0.1, 0.15) is 12.6 Å². The van der Waals surface area contributed by atoms with Crippen LogP contribution in [0, 0.1) is 0 Å². The van der Waals surface area contributed by atoms with Crippen molar-refractivity contribution in [1.29, 1.82) is 0 Å². The molecule has 0 radical (unpaired) electrons. The van der Waals surface area contributed by atoms with Crippen molar-refractivity contribution in [1.82, 2.24) is 20.2 Å². The van der Waals surface area contributed by atoms with Crippen molar-refractivity contribution in [3.8, 4) is 0 Å². The highest BCUT2D eigenvalue weighted by Crippen LogP contribution is 2.11. The van der Waals surface area contributed by atoms with E-state index in [9.17, 15) is 18.0 Å². The highest BCUT2D eigenvalue weighted by atomic mass is 32.2. The fraction of sp³-hybridized carbons (Fsp3) is 0.222. The fourth-order valence-corrected chi connectivity index (χ4v) is 2.38. The van der Waals surface area contributed by atoms with Gasteiger partial charge in [-0.2, -0.15) is 5.10 Å². The lowest BCUT2D eigenvalue weighted by Crippen LogP contribution is -2.29. The Labute approximate surface area is 107 Å². The minimum atomic E-state index is -4.10. The highest BCUT2D eigenvalue weighted by Gasteiger charge is 2.20. The van der Waals surface area contributed by atoms with Gasteiger partial charge in [0.25, 0.3) is 15.6 Å². The van der Waals surface area contributed by atoms with Crippen LogP contribution >= 0.6 is 0 Å². The Kier molecular flexibility index (Phi) is 3.25. The van der Waals surface area contributed by atoms with Crippen LogP contribution in [0.5, 0.6) is 0 Å². The van der Waals surface area contributed by atoms with E-state index in [1.165, 1.54) is 6.07 Å². The Bertz CT molecular complexity index is 800.